The van der Waals surface area contributed by atoms with Crippen molar-refractivity contribution >= 4 is 37.8 Å². The lowest BCUT2D eigenvalue weighted by atomic mass is 10.1. The van der Waals surface area contributed by atoms with E-state index in [0.717, 1.165) is 42.5 Å². The third kappa shape index (κ3) is 3.36. The van der Waals surface area contributed by atoms with Crippen molar-refractivity contribution in [1.29, 1.82) is 0 Å². The molecule has 0 saturated carbocycles. The smallest absolute Gasteiger partial charge is 0.320 e. The molecule has 0 amide bonds. The van der Waals surface area contributed by atoms with Crippen LogP contribution in [0.1, 0.15) is 31.4 Å². The molecule has 1 fully saturated rings. The topological polar surface area (TPSA) is 53.7 Å². The van der Waals surface area contributed by atoms with E-state index >= 15 is 0 Å². The molecule has 0 radical (unpaired) electrons. The molecule has 1 aromatic heterocycles. The highest BCUT2D eigenvalue weighted by molar-refractivity contribution is 9.13. The standard InChI is InChI=1S/C12H15Br2NO3/c13-9-6-8(18-11(9)14)7-15-5-3-1-2-4-10(15)12(16)17/h6,10H,1-5,7H2,(H,16,17). The Morgan fingerprint density at radius 2 is 2.22 bits per heavy atom. The lowest BCUT2D eigenvalue weighted by Gasteiger charge is -2.25. The second-order valence-electron chi connectivity index (χ2n) is 4.51. The zero-order valence-corrected chi connectivity index (χ0v) is 13.0. The Labute approximate surface area is 123 Å². The van der Waals surface area contributed by atoms with Crippen LogP contribution in [0.3, 0.4) is 0 Å². The van der Waals surface area contributed by atoms with Crippen molar-refractivity contribution in [2.45, 2.75) is 38.3 Å². The van der Waals surface area contributed by atoms with E-state index in [-0.39, 0.29) is 0 Å². The van der Waals surface area contributed by atoms with Crippen LogP contribution in [0.25, 0.3) is 0 Å². The van der Waals surface area contributed by atoms with Gasteiger partial charge in [-0.1, -0.05) is 12.8 Å². The van der Waals surface area contributed by atoms with E-state index in [2.05, 4.69) is 31.9 Å². The largest absolute Gasteiger partial charge is 0.480 e. The summed E-state index contributed by atoms with van der Waals surface area (Å²) in [7, 11) is 0. The van der Waals surface area contributed by atoms with Gasteiger partial charge in [-0.2, -0.15) is 0 Å². The van der Waals surface area contributed by atoms with Crippen LogP contribution < -0.4 is 0 Å². The molecule has 4 nitrogen and oxygen atoms in total. The Hall–Kier alpha value is -0.330. The summed E-state index contributed by atoms with van der Waals surface area (Å²) >= 11 is 6.66. The zero-order valence-electron chi connectivity index (χ0n) is 9.86. The average molecular weight is 381 g/mol. The number of carboxylic acids is 1. The highest BCUT2D eigenvalue weighted by atomic mass is 79.9. The molecule has 6 heteroatoms. The molecule has 1 N–H and O–H groups in total. The fourth-order valence-electron chi connectivity index (χ4n) is 2.31. The van der Waals surface area contributed by atoms with Gasteiger partial charge < -0.3 is 9.52 Å². The summed E-state index contributed by atoms with van der Waals surface area (Å²) in [5.74, 6) is 0.0449. The van der Waals surface area contributed by atoms with E-state index < -0.39 is 12.0 Å². The number of likely N-dealkylation sites (tertiary alicyclic amines) is 1. The van der Waals surface area contributed by atoms with Gasteiger partial charge in [0.25, 0.3) is 0 Å². The number of carboxylic acid groups (broad SMARTS) is 1. The normalized spacial score (nSPS) is 21.8. The second kappa shape index (κ2) is 6.21. The monoisotopic (exact) mass is 379 g/mol. The lowest BCUT2D eigenvalue weighted by molar-refractivity contribution is -0.143. The molecule has 0 aromatic carbocycles. The summed E-state index contributed by atoms with van der Waals surface area (Å²) in [4.78, 5) is 13.3. The van der Waals surface area contributed by atoms with Crippen molar-refractivity contribution in [2.75, 3.05) is 6.54 Å². The van der Waals surface area contributed by atoms with Crippen LogP contribution >= 0.6 is 31.9 Å². The number of carbonyl (C=O) groups is 1. The summed E-state index contributed by atoms with van der Waals surface area (Å²) in [5, 5.41) is 9.28. The average Bonchev–Trinajstić information content (AvgIpc) is 2.53. The summed E-state index contributed by atoms with van der Waals surface area (Å²) in [6.07, 6.45) is 3.86. The molecular formula is C12H15Br2NO3. The first kappa shape index (κ1) is 14.1. The molecule has 0 spiro atoms. The molecule has 1 atom stereocenters. The highest BCUT2D eigenvalue weighted by Crippen LogP contribution is 2.28. The van der Waals surface area contributed by atoms with E-state index in [1.165, 1.54) is 0 Å². The molecule has 2 heterocycles. The number of aliphatic carboxylic acids is 1. The van der Waals surface area contributed by atoms with Crippen LogP contribution in [0.2, 0.25) is 0 Å². The second-order valence-corrected chi connectivity index (χ2v) is 6.08. The van der Waals surface area contributed by atoms with Crippen LogP contribution in [-0.4, -0.2) is 28.6 Å². The first-order valence-electron chi connectivity index (χ1n) is 5.98. The van der Waals surface area contributed by atoms with Gasteiger partial charge in [0.15, 0.2) is 4.67 Å². The Bertz CT molecular complexity index is 413. The van der Waals surface area contributed by atoms with Crippen molar-refractivity contribution in [3.63, 3.8) is 0 Å². The number of hydrogen-bond donors (Lipinski definition) is 1. The quantitative estimate of drug-likeness (QED) is 0.869. The van der Waals surface area contributed by atoms with Crippen molar-refractivity contribution in [1.82, 2.24) is 4.90 Å². The summed E-state index contributed by atoms with van der Waals surface area (Å²) in [5.41, 5.74) is 0. The maximum absolute atomic E-state index is 11.3. The van der Waals surface area contributed by atoms with E-state index in [1.807, 2.05) is 11.0 Å². The Balaban J connectivity index is 2.10. The van der Waals surface area contributed by atoms with Crippen molar-refractivity contribution in [3.8, 4) is 0 Å². The van der Waals surface area contributed by atoms with Crippen LogP contribution in [0, 0.1) is 0 Å². The SMILES string of the molecule is O=C(O)C1CCCCCN1Cc1cc(Br)c(Br)o1. The van der Waals surface area contributed by atoms with Crippen LogP contribution in [0.15, 0.2) is 19.6 Å². The maximum Gasteiger partial charge on any atom is 0.320 e. The molecule has 0 aliphatic carbocycles. The van der Waals surface area contributed by atoms with Gasteiger partial charge in [-0.05, 0) is 57.3 Å². The van der Waals surface area contributed by atoms with E-state index in [1.54, 1.807) is 0 Å². The van der Waals surface area contributed by atoms with Crippen molar-refractivity contribution in [3.05, 3.63) is 21.0 Å². The Morgan fingerprint density at radius 1 is 1.44 bits per heavy atom. The van der Waals surface area contributed by atoms with Crippen LogP contribution in [0.4, 0.5) is 0 Å². The highest BCUT2D eigenvalue weighted by Gasteiger charge is 2.27. The molecular weight excluding hydrogens is 366 g/mol. The third-order valence-corrected chi connectivity index (χ3v) is 4.91. The predicted molar refractivity (Wildman–Crippen MR) is 74.4 cm³/mol. The fourth-order valence-corrected chi connectivity index (χ4v) is 2.96. The number of furan rings is 1. The number of hydrogen-bond acceptors (Lipinski definition) is 3. The van der Waals surface area contributed by atoms with Gasteiger partial charge >= 0.3 is 5.97 Å². The molecule has 1 saturated heterocycles. The molecule has 1 aromatic rings. The molecule has 1 aliphatic heterocycles. The first-order chi connectivity index (χ1) is 8.58. The van der Waals surface area contributed by atoms with Crippen LogP contribution in [-0.2, 0) is 11.3 Å². The minimum absolute atomic E-state index is 0.393. The first-order valence-corrected chi connectivity index (χ1v) is 7.57. The van der Waals surface area contributed by atoms with E-state index in [9.17, 15) is 9.90 Å². The molecule has 18 heavy (non-hydrogen) atoms. The molecule has 100 valence electrons. The number of rotatable bonds is 3. The molecule has 1 aliphatic rings. The molecule has 2 rings (SSSR count). The minimum atomic E-state index is -0.735. The number of nitrogens with zero attached hydrogens (tertiary/aromatic N) is 1. The Kier molecular flexibility index (Phi) is 4.86. The lowest BCUT2D eigenvalue weighted by Crippen LogP contribution is -2.40. The van der Waals surface area contributed by atoms with Gasteiger partial charge in [0.05, 0.1) is 11.0 Å². The van der Waals surface area contributed by atoms with Crippen molar-refractivity contribution < 1.29 is 14.3 Å². The van der Waals surface area contributed by atoms with Gasteiger partial charge in [0.1, 0.15) is 11.8 Å². The van der Waals surface area contributed by atoms with Gasteiger partial charge in [-0.15, -0.1) is 0 Å². The van der Waals surface area contributed by atoms with Gasteiger partial charge in [0.2, 0.25) is 0 Å². The molecule has 1 unspecified atom stereocenters. The van der Waals surface area contributed by atoms with E-state index in [0.29, 0.717) is 11.2 Å². The van der Waals surface area contributed by atoms with Gasteiger partial charge in [0, 0.05) is 0 Å². The van der Waals surface area contributed by atoms with Crippen LogP contribution in [0.5, 0.6) is 0 Å². The zero-order chi connectivity index (χ0) is 13.1. The Morgan fingerprint density at radius 3 is 2.83 bits per heavy atom. The summed E-state index contributed by atoms with van der Waals surface area (Å²) < 4.78 is 7.03. The fraction of sp³-hybridized carbons (Fsp3) is 0.583. The third-order valence-electron chi connectivity index (χ3n) is 3.20. The minimum Gasteiger partial charge on any atom is -0.480 e. The summed E-state index contributed by atoms with van der Waals surface area (Å²) in [6, 6.07) is 1.49. The van der Waals surface area contributed by atoms with Gasteiger partial charge in [-0.3, -0.25) is 9.69 Å². The predicted octanol–water partition coefficient (Wildman–Crippen LogP) is 3.63. The van der Waals surface area contributed by atoms with Gasteiger partial charge in [-0.25, -0.2) is 0 Å². The van der Waals surface area contributed by atoms with E-state index in [4.69, 9.17) is 4.42 Å². The molecule has 0 bridgehead atoms. The van der Waals surface area contributed by atoms with Crippen molar-refractivity contribution in [2.24, 2.45) is 0 Å². The summed E-state index contributed by atoms with van der Waals surface area (Å²) in [6.45, 7) is 1.36. The number of halogens is 2. The maximum atomic E-state index is 11.3.